The summed E-state index contributed by atoms with van der Waals surface area (Å²) in [5.41, 5.74) is -0.684. The molecular formula is C21H38O4. The normalized spacial score (nSPS) is 26.9. The van der Waals surface area contributed by atoms with Crippen molar-refractivity contribution in [1.29, 1.82) is 0 Å². The molecule has 2 aliphatic rings. The second-order valence-electron chi connectivity index (χ2n) is 9.43. The van der Waals surface area contributed by atoms with Crippen LogP contribution in [0.15, 0.2) is 0 Å². The van der Waals surface area contributed by atoms with Crippen molar-refractivity contribution < 1.29 is 19.0 Å². The molecule has 0 N–H and O–H groups in total. The molecule has 0 aromatic rings. The SMILES string of the molecule is CC(C)C(C)(C(=O)OCC1COC2(CCCCCCC2)O1)C(C)(C)C. The molecule has 4 heteroatoms. The maximum atomic E-state index is 12.9. The Kier molecular flexibility index (Phi) is 6.59. The first kappa shape index (κ1) is 20.7. The van der Waals surface area contributed by atoms with Crippen LogP contribution >= 0.6 is 0 Å². The van der Waals surface area contributed by atoms with E-state index in [0.29, 0.717) is 13.2 Å². The van der Waals surface area contributed by atoms with Crippen LogP contribution in [0.25, 0.3) is 0 Å². The van der Waals surface area contributed by atoms with Gasteiger partial charge in [0.2, 0.25) is 0 Å². The monoisotopic (exact) mass is 354 g/mol. The average Bonchev–Trinajstić information content (AvgIpc) is 2.91. The van der Waals surface area contributed by atoms with Gasteiger partial charge in [-0.3, -0.25) is 4.79 Å². The summed E-state index contributed by atoms with van der Waals surface area (Å²) in [6.45, 7) is 13.3. The Hall–Kier alpha value is -0.610. The van der Waals surface area contributed by atoms with Gasteiger partial charge in [0.25, 0.3) is 0 Å². The van der Waals surface area contributed by atoms with Gasteiger partial charge in [-0.2, -0.15) is 0 Å². The van der Waals surface area contributed by atoms with E-state index < -0.39 is 11.2 Å². The standard InChI is InChI=1S/C21H38O4/c1-16(2)20(6,19(3,4)5)18(22)23-14-17-15-24-21(25-17)12-10-8-7-9-11-13-21/h16-17H,7-15H2,1-6H3. The van der Waals surface area contributed by atoms with Gasteiger partial charge in [-0.25, -0.2) is 0 Å². The molecule has 1 aliphatic heterocycles. The highest BCUT2D eigenvalue weighted by Crippen LogP contribution is 2.45. The van der Waals surface area contributed by atoms with Gasteiger partial charge in [-0.1, -0.05) is 53.9 Å². The third kappa shape index (κ3) is 4.57. The van der Waals surface area contributed by atoms with Crippen LogP contribution in [0.2, 0.25) is 0 Å². The number of hydrogen-bond donors (Lipinski definition) is 0. The number of hydrogen-bond acceptors (Lipinski definition) is 4. The van der Waals surface area contributed by atoms with Gasteiger partial charge in [-0.15, -0.1) is 0 Å². The third-order valence-electron chi connectivity index (χ3n) is 6.57. The third-order valence-corrected chi connectivity index (χ3v) is 6.57. The molecule has 1 saturated heterocycles. The summed E-state index contributed by atoms with van der Waals surface area (Å²) in [5.74, 6) is -0.349. The second kappa shape index (κ2) is 7.96. The fourth-order valence-electron chi connectivity index (χ4n) is 4.13. The van der Waals surface area contributed by atoms with E-state index in [0.717, 1.165) is 25.7 Å². The van der Waals surface area contributed by atoms with Crippen molar-refractivity contribution in [3.8, 4) is 0 Å². The Morgan fingerprint density at radius 1 is 1.08 bits per heavy atom. The predicted molar refractivity (Wildman–Crippen MR) is 99.2 cm³/mol. The molecule has 1 spiro atoms. The Morgan fingerprint density at radius 2 is 1.64 bits per heavy atom. The zero-order valence-electron chi connectivity index (χ0n) is 17.2. The molecule has 1 saturated carbocycles. The van der Waals surface area contributed by atoms with Crippen molar-refractivity contribution in [2.24, 2.45) is 16.7 Å². The topological polar surface area (TPSA) is 44.8 Å². The minimum atomic E-state index is -0.523. The lowest BCUT2D eigenvalue weighted by molar-refractivity contribution is -0.191. The molecule has 2 atom stereocenters. The minimum Gasteiger partial charge on any atom is -0.462 e. The molecule has 1 aliphatic carbocycles. The number of esters is 1. The van der Waals surface area contributed by atoms with Crippen molar-refractivity contribution in [1.82, 2.24) is 0 Å². The van der Waals surface area contributed by atoms with Crippen molar-refractivity contribution in [2.45, 2.75) is 98.4 Å². The largest absolute Gasteiger partial charge is 0.462 e. The predicted octanol–water partition coefficient (Wildman–Crippen LogP) is 5.09. The van der Waals surface area contributed by atoms with Gasteiger partial charge in [0, 0.05) is 12.8 Å². The fraction of sp³-hybridized carbons (Fsp3) is 0.952. The summed E-state index contributed by atoms with van der Waals surface area (Å²) in [5, 5.41) is 0. The number of carbonyl (C=O) groups is 1. The lowest BCUT2D eigenvalue weighted by Gasteiger charge is -2.42. The van der Waals surface area contributed by atoms with E-state index >= 15 is 0 Å². The maximum absolute atomic E-state index is 12.9. The van der Waals surface area contributed by atoms with Crippen LogP contribution < -0.4 is 0 Å². The molecule has 2 rings (SSSR count). The highest BCUT2D eigenvalue weighted by atomic mass is 16.8. The van der Waals surface area contributed by atoms with Crippen molar-refractivity contribution >= 4 is 5.97 Å². The molecule has 0 aromatic heterocycles. The first-order chi connectivity index (χ1) is 11.6. The van der Waals surface area contributed by atoms with Gasteiger partial charge >= 0.3 is 5.97 Å². The second-order valence-corrected chi connectivity index (χ2v) is 9.43. The van der Waals surface area contributed by atoms with Crippen molar-refractivity contribution in [2.75, 3.05) is 13.2 Å². The van der Waals surface area contributed by atoms with Crippen LogP contribution in [0.4, 0.5) is 0 Å². The van der Waals surface area contributed by atoms with Crippen LogP contribution in [-0.4, -0.2) is 31.1 Å². The summed E-state index contributed by atoms with van der Waals surface area (Å²) in [6, 6.07) is 0. The van der Waals surface area contributed by atoms with E-state index in [-0.39, 0.29) is 23.4 Å². The number of rotatable bonds is 4. The molecule has 0 amide bonds. The zero-order valence-corrected chi connectivity index (χ0v) is 17.2. The smallest absolute Gasteiger partial charge is 0.312 e. The molecule has 1 heterocycles. The van der Waals surface area contributed by atoms with Crippen LogP contribution in [-0.2, 0) is 19.0 Å². The van der Waals surface area contributed by atoms with Gasteiger partial charge in [0.05, 0.1) is 12.0 Å². The summed E-state index contributed by atoms with van der Waals surface area (Å²) >= 11 is 0. The van der Waals surface area contributed by atoms with Gasteiger partial charge in [0.15, 0.2) is 5.79 Å². The van der Waals surface area contributed by atoms with Crippen LogP contribution in [0.5, 0.6) is 0 Å². The van der Waals surface area contributed by atoms with Crippen LogP contribution in [0, 0.1) is 16.7 Å². The van der Waals surface area contributed by atoms with E-state index in [1.54, 1.807) is 0 Å². The van der Waals surface area contributed by atoms with E-state index in [9.17, 15) is 4.79 Å². The molecule has 25 heavy (non-hydrogen) atoms. The Balaban J connectivity index is 1.92. The maximum Gasteiger partial charge on any atom is 0.312 e. The Morgan fingerprint density at radius 3 is 2.16 bits per heavy atom. The average molecular weight is 355 g/mol. The Bertz CT molecular complexity index is 443. The quantitative estimate of drug-likeness (QED) is 0.659. The molecule has 2 unspecified atom stereocenters. The number of ether oxygens (including phenoxy) is 3. The molecule has 0 bridgehead atoms. The first-order valence-electron chi connectivity index (χ1n) is 10.1. The van der Waals surface area contributed by atoms with E-state index in [2.05, 4.69) is 34.6 Å². The molecule has 4 nitrogen and oxygen atoms in total. The molecule has 0 radical (unpaired) electrons. The van der Waals surface area contributed by atoms with Crippen LogP contribution in [0.3, 0.4) is 0 Å². The van der Waals surface area contributed by atoms with E-state index in [1.807, 2.05) is 6.92 Å². The number of carbonyl (C=O) groups excluding carboxylic acids is 1. The van der Waals surface area contributed by atoms with Gasteiger partial charge < -0.3 is 14.2 Å². The summed E-state index contributed by atoms with van der Waals surface area (Å²) in [7, 11) is 0. The summed E-state index contributed by atoms with van der Waals surface area (Å²) in [6.07, 6.45) is 7.92. The fourth-order valence-corrected chi connectivity index (χ4v) is 4.13. The van der Waals surface area contributed by atoms with Gasteiger partial charge in [-0.05, 0) is 31.1 Å². The molecule has 146 valence electrons. The zero-order chi connectivity index (χ0) is 18.7. The van der Waals surface area contributed by atoms with Gasteiger partial charge in [0.1, 0.15) is 12.7 Å². The van der Waals surface area contributed by atoms with Crippen molar-refractivity contribution in [3.05, 3.63) is 0 Å². The Labute approximate surface area is 154 Å². The van der Waals surface area contributed by atoms with E-state index in [1.165, 1.54) is 19.3 Å². The lowest BCUT2D eigenvalue weighted by atomic mass is 9.62. The molecular weight excluding hydrogens is 316 g/mol. The molecule has 2 fully saturated rings. The highest BCUT2D eigenvalue weighted by molar-refractivity contribution is 5.77. The van der Waals surface area contributed by atoms with Crippen LogP contribution in [0.1, 0.15) is 86.5 Å². The van der Waals surface area contributed by atoms with Crippen molar-refractivity contribution in [3.63, 3.8) is 0 Å². The van der Waals surface area contributed by atoms with E-state index in [4.69, 9.17) is 14.2 Å². The summed E-state index contributed by atoms with van der Waals surface area (Å²) in [4.78, 5) is 12.9. The summed E-state index contributed by atoms with van der Waals surface area (Å²) < 4.78 is 18.0. The first-order valence-corrected chi connectivity index (χ1v) is 10.1. The minimum absolute atomic E-state index is 0.128. The lowest BCUT2D eigenvalue weighted by Crippen LogP contribution is -2.46. The molecule has 0 aromatic carbocycles. The highest BCUT2D eigenvalue weighted by Gasteiger charge is 2.49.